The zero-order valence-electron chi connectivity index (χ0n) is 26.6. The summed E-state index contributed by atoms with van der Waals surface area (Å²) in [6, 6.07) is 53.0. The number of anilines is 6. The van der Waals surface area contributed by atoms with Gasteiger partial charge in [0.2, 0.25) is 0 Å². The number of hydrogen-bond donors (Lipinski definition) is 0. The van der Waals surface area contributed by atoms with Gasteiger partial charge in [0.15, 0.2) is 0 Å². The Labute approximate surface area is 278 Å². The van der Waals surface area contributed by atoms with E-state index in [-0.39, 0.29) is 0 Å². The molecule has 0 unspecified atom stereocenters. The molecule has 0 fully saturated rings. The predicted octanol–water partition coefficient (Wildman–Crippen LogP) is 13.6. The Morgan fingerprint density at radius 3 is 1.04 bits per heavy atom. The van der Waals surface area contributed by atoms with Crippen molar-refractivity contribution in [3.63, 3.8) is 0 Å². The van der Waals surface area contributed by atoms with Crippen molar-refractivity contribution in [2.75, 3.05) is 9.80 Å². The Bertz CT molecular complexity index is 2060. The van der Waals surface area contributed by atoms with Crippen molar-refractivity contribution >= 4 is 66.4 Å². The Morgan fingerprint density at radius 1 is 0.396 bits per heavy atom. The van der Waals surface area contributed by atoms with Crippen LogP contribution in [-0.4, -0.2) is 0 Å². The van der Waals surface area contributed by atoms with Crippen LogP contribution in [-0.2, 0) is 6.18 Å². The Kier molecular flexibility index (Phi) is 8.20. The Balaban J connectivity index is 0.00000179. The highest BCUT2D eigenvalue weighted by Crippen LogP contribution is 2.50. The van der Waals surface area contributed by atoms with Crippen LogP contribution in [0.1, 0.15) is 19.4 Å². The van der Waals surface area contributed by atoms with E-state index in [4.69, 9.17) is 0 Å². The van der Waals surface area contributed by atoms with Gasteiger partial charge < -0.3 is 9.80 Å². The topological polar surface area (TPSA) is 6.48 Å². The molecule has 0 aromatic heterocycles. The highest BCUT2D eigenvalue weighted by atomic mass is 19.4. The maximum absolute atomic E-state index is 14.0. The van der Waals surface area contributed by atoms with Crippen LogP contribution in [0.4, 0.5) is 47.3 Å². The van der Waals surface area contributed by atoms with E-state index in [0.717, 1.165) is 55.7 Å². The summed E-state index contributed by atoms with van der Waals surface area (Å²) in [5, 5.41) is 4.75. The molecule has 5 heteroatoms. The van der Waals surface area contributed by atoms with Crippen molar-refractivity contribution in [3.8, 4) is 0 Å². The summed E-state index contributed by atoms with van der Waals surface area (Å²) in [4.78, 5) is 4.45. The summed E-state index contributed by atoms with van der Waals surface area (Å²) >= 11 is 0. The number of hydrogen-bond acceptors (Lipinski definition) is 2. The predicted molar refractivity (Wildman–Crippen MR) is 196 cm³/mol. The second-order valence-electron chi connectivity index (χ2n) is 11.3. The number of para-hydroxylation sites is 4. The van der Waals surface area contributed by atoms with Crippen LogP contribution in [0.5, 0.6) is 0 Å². The molecule has 8 rings (SSSR count). The van der Waals surface area contributed by atoms with Gasteiger partial charge in [-0.1, -0.05) is 111 Å². The molecule has 0 aliphatic heterocycles. The van der Waals surface area contributed by atoms with Gasteiger partial charge in [-0.15, -0.1) is 0 Å². The SMILES string of the molecule is CC.FC(F)(F)c1cc2ccc3c(N(c4ccccc4)c4ccccc4)cc(N(c4ccccc4)c4ccccc4)c4ccc(c1)c2c34. The molecule has 0 aliphatic carbocycles. The van der Waals surface area contributed by atoms with Crippen molar-refractivity contribution in [1.82, 2.24) is 0 Å². The Hall–Kier alpha value is -5.81. The standard InChI is InChI=1S/C41H27F3N2.C2H6/c42-41(43,44)30-25-28-21-23-35-37(45(31-13-5-1-6-14-31)32-15-7-2-8-16-32)27-38(36-24-22-29(26-30)39(28)40(35)36)46(33-17-9-3-10-18-33)34-19-11-4-12-20-34;1-2/h1-27H;1-2H3. The van der Waals surface area contributed by atoms with Crippen LogP contribution in [0.25, 0.3) is 32.3 Å². The van der Waals surface area contributed by atoms with Gasteiger partial charge in [0.25, 0.3) is 0 Å². The summed E-state index contributed by atoms with van der Waals surface area (Å²) in [6.45, 7) is 4.00. The number of halogens is 3. The lowest BCUT2D eigenvalue weighted by Crippen LogP contribution is -2.14. The summed E-state index contributed by atoms with van der Waals surface area (Å²) in [5.41, 5.74) is 5.08. The van der Waals surface area contributed by atoms with Crippen LogP contribution >= 0.6 is 0 Å². The minimum atomic E-state index is -4.45. The first kappa shape index (κ1) is 30.8. The second kappa shape index (κ2) is 12.8. The second-order valence-corrected chi connectivity index (χ2v) is 11.3. The zero-order chi connectivity index (χ0) is 33.3. The van der Waals surface area contributed by atoms with Gasteiger partial charge in [-0.05, 0) is 82.9 Å². The van der Waals surface area contributed by atoms with Crippen molar-refractivity contribution in [2.45, 2.75) is 20.0 Å². The highest BCUT2D eigenvalue weighted by Gasteiger charge is 2.32. The lowest BCUT2D eigenvalue weighted by molar-refractivity contribution is -0.137. The smallest absolute Gasteiger partial charge is 0.310 e. The summed E-state index contributed by atoms with van der Waals surface area (Å²) in [7, 11) is 0. The molecule has 0 heterocycles. The van der Waals surface area contributed by atoms with Crippen LogP contribution in [0.2, 0.25) is 0 Å². The normalized spacial score (nSPS) is 11.4. The third-order valence-corrected chi connectivity index (χ3v) is 8.54. The minimum Gasteiger partial charge on any atom is -0.310 e. The lowest BCUT2D eigenvalue weighted by Gasteiger charge is -2.32. The average molecular weight is 635 g/mol. The summed E-state index contributed by atoms with van der Waals surface area (Å²) in [5.74, 6) is 0. The number of alkyl halides is 3. The summed E-state index contributed by atoms with van der Waals surface area (Å²) < 4.78 is 42.0. The number of nitrogens with zero attached hydrogens (tertiary/aromatic N) is 2. The molecule has 0 atom stereocenters. The maximum atomic E-state index is 14.0. The van der Waals surface area contributed by atoms with E-state index >= 15 is 0 Å². The van der Waals surface area contributed by atoms with Gasteiger partial charge in [0.05, 0.1) is 16.9 Å². The average Bonchev–Trinajstić information content (AvgIpc) is 3.13. The minimum absolute atomic E-state index is 0.558. The van der Waals surface area contributed by atoms with Gasteiger partial charge in [-0.2, -0.15) is 13.2 Å². The van der Waals surface area contributed by atoms with E-state index in [1.807, 2.05) is 111 Å². The molecule has 0 bridgehead atoms. The fraction of sp³-hybridized carbons (Fsp3) is 0.0698. The monoisotopic (exact) mass is 634 g/mol. The Morgan fingerprint density at radius 2 is 0.729 bits per heavy atom. The third kappa shape index (κ3) is 5.47. The molecule has 2 nitrogen and oxygen atoms in total. The van der Waals surface area contributed by atoms with Gasteiger partial charge in [0.1, 0.15) is 0 Å². The van der Waals surface area contributed by atoms with Crippen LogP contribution in [0.3, 0.4) is 0 Å². The maximum Gasteiger partial charge on any atom is 0.416 e. The zero-order valence-corrected chi connectivity index (χ0v) is 26.6. The van der Waals surface area contributed by atoms with Crippen LogP contribution in [0.15, 0.2) is 164 Å². The van der Waals surface area contributed by atoms with Gasteiger partial charge >= 0.3 is 6.18 Å². The molecule has 0 saturated carbocycles. The van der Waals surface area contributed by atoms with E-state index in [0.29, 0.717) is 10.8 Å². The lowest BCUT2D eigenvalue weighted by atomic mass is 9.90. The van der Waals surface area contributed by atoms with E-state index in [1.165, 1.54) is 12.1 Å². The largest absolute Gasteiger partial charge is 0.416 e. The fourth-order valence-corrected chi connectivity index (χ4v) is 6.57. The molecule has 236 valence electrons. The molecule has 8 aromatic rings. The van der Waals surface area contributed by atoms with Crippen LogP contribution < -0.4 is 9.80 Å². The first-order chi connectivity index (χ1) is 23.5. The molecule has 0 spiro atoms. The van der Waals surface area contributed by atoms with E-state index in [2.05, 4.69) is 64.4 Å². The van der Waals surface area contributed by atoms with E-state index in [1.54, 1.807) is 0 Å². The number of rotatable bonds is 6. The highest BCUT2D eigenvalue weighted by molar-refractivity contribution is 6.29. The molecule has 0 amide bonds. The number of benzene rings is 8. The van der Waals surface area contributed by atoms with E-state index in [9.17, 15) is 13.2 Å². The molecule has 0 N–H and O–H groups in total. The van der Waals surface area contributed by atoms with Crippen LogP contribution in [0, 0.1) is 0 Å². The molecule has 0 aliphatic rings. The van der Waals surface area contributed by atoms with Crippen molar-refractivity contribution in [1.29, 1.82) is 0 Å². The van der Waals surface area contributed by atoms with Gasteiger partial charge in [-0.3, -0.25) is 0 Å². The first-order valence-corrected chi connectivity index (χ1v) is 16.1. The molecule has 0 radical (unpaired) electrons. The van der Waals surface area contributed by atoms with Crippen molar-refractivity contribution in [2.24, 2.45) is 0 Å². The fourth-order valence-electron chi connectivity index (χ4n) is 6.57. The molecule has 0 saturated heterocycles. The molecule has 48 heavy (non-hydrogen) atoms. The van der Waals surface area contributed by atoms with Gasteiger partial charge in [-0.25, -0.2) is 0 Å². The van der Waals surface area contributed by atoms with Crippen molar-refractivity contribution in [3.05, 3.63) is 169 Å². The first-order valence-electron chi connectivity index (χ1n) is 16.1. The van der Waals surface area contributed by atoms with E-state index < -0.39 is 11.7 Å². The molecular weight excluding hydrogens is 601 g/mol. The summed E-state index contributed by atoms with van der Waals surface area (Å²) in [6.07, 6.45) is -4.45. The molecule has 8 aromatic carbocycles. The van der Waals surface area contributed by atoms with Crippen molar-refractivity contribution < 1.29 is 13.2 Å². The quantitative estimate of drug-likeness (QED) is 0.168. The molecular formula is C43H33F3N2. The van der Waals surface area contributed by atoms with Gasteiger partial charge in [0, 0.05) is 38.9 Å². The third-order valence-electron chi connectivity index (χ3n) is 8.54.